The molecule has 4 heteroatoms. The van der Waals surface area contributed by atoms with Crippen LogP contribution in [0.3, 0.4) is 0 Å². The molecule has 4 nitrogen and oxygen atoms in total. The second-order valence-corrected chi connectivity index (χ2v) is 3.05. The van der Waals surface area contributed by atoms with Gasteiger partial charge in [0.25, 0.3) is 0 Å². The summed E-state index contributed by atoms with van der Waals surface area (Å²) < 4.78 is 0. The molecule has 0 atom stereocenters. The molecule has 0 aliphatic rings. The molecule has 0 bridgehead atoms. The maximum atomic E-state index is 4.94. The Labute approximate surface area is 83.4 Å². The van der Waals surface area contributed by atoms with Crippen LogP contribution in [0.5, 0.6) is 0 Å². The second-order valence-electron chi connectivity index (χ2n) is 3.05. The maximum Gasteiger partial charge on any atom is 0.116 e. The topological polar surface area (TPSA) is 55.0 Å². The normalized spacial score (nSPS) is 9.71. The zero-order valence-electron chi connectivity index (χ0n) is 8.38. The summed E-state index contributed by atoms with van der Waals surface area (Å²) in [6, 6.07) is 7.91. The third kappa shape index (κ3) is 3.47. The third-order valence-corrected chi connectivity index (χ3v) is 1.41. The van der Waals surface area contributed by atoms with Crippen LogP contribution in [0, 0.1) is 0 Å². The van der Waals surface area contributed by atoms with E-state index in [4.69, 9.17) is 5.84 Å². The molecule has 2 rings (SSSR count). The van der Waals surface area contributed by atoms with E-state index in [0.717, 1.165) is 10.9 Å². The lowest BCUT2D eigenvalue weighted by Gasteiger charge is -1.91. The highest BCUT2D eigenvalue weighted by molar-refractivity contribution is 5.76. The first kappa shape index (κ1) is 10.6. The molecule has 0 amide bonds. The number of fused-ring (bicyclic) bond motifs is 1. The number of hydrazine groups is 1. The molecule has 1 aromatic heterocycles. The third-order valence-electron chi connectivity index (χ3n) is 1.41. The number of nitrogens with two attached hydrogens (primary N) is 1. The lowest BCUT2D eigenvalue weighted by molar-refractivity contribution is 0.432. The second kappa shape index (κ2) is 5.26. The molecule has 2 N–H and O–H groups in total. The van der Waals surface area contributed by atoms with Gasteiger partial charge in [-0.3, -0.25) is 10.9 Å². The average molecular weight is 190 g/mol. The van der Waals surface area contributed by atoms with Crippen LogP contribution in [0.15, 0.2) is 36.8 Å². The van der Waals surface area contributed by atoms with E-state index < -0.39 is 0 Å². The average Bonchev–Trinajstić information content (AvgIpc) is 2.17. The van der Waals surface area contributed by atoms with Gasteiger partial charge in [0, 0.05) is 25.7 Å². The van der Waals surface area contributed by atoms with Crippen LogP contribution in [0.4, 0.5) is 0 Å². The molecule has 1 aromatic carbocycles. The summed E-state index contributed by atoms with van der Waals surface area (Å²) in [4.78, 5) is 7.97. The molecule has 0 fully saturated rings. The van der Waals surface area contributed by atoms with Gasteiger partial charge in [-0.15, -0.1) is 0 Å². The predicted octanol–water partition coefficient (Wildman–Crippen LogP) is 1.05. The zero-order chi connectivity index (χ0) is 10.4. The summed E-state index contributed by atoms with van der Waals surface area (Å²) >= 11 is 0. The van der Waals surface area contributed by atoms with E-state index in [1.165, 1.54) is 5.01 Å². The van der Waals surface area contributed by atoms with Crippen molar-refractivity contribution in [3.63, 3.8) is 0 Å². The Morgan fingerprint density at radius 1 is 1.21 bits per heavy atom. The molecule has 0 spiro atoms. The minimum Gasteiger partial charge on any atom is -0.269 e. The molecular formula is C10H14N4. The van der Waals surface area contributed by atoms with Crippen molar-refractivity contribution < 1.29 is 0 Å². The van der Waals surface area contributed by atoms with Gasteiger partial charge in [0.2, 0.25) is 0 Å². The Morgan fingerprint density at radius 3 is 2.50 bits per heavy atom. The smallest absolute Gasteiger partial charge is 0.116 e. The van der Waals surface area contributed by atoms with Gasteiger partial charge in [-0.25, -0.2) is 9.97 Å². The van der Waals surface area contributed by atoms with Crippen LogP contribution in [-0.4, -0.2) is 29.1 Å². The van der Waals surface area contributed by atoms with E-state index in [1.54, 1.807) is 20.4 Å². The highest BCUT2D eigenvalue weighted by Crippen LogP contribution is 2.06. The van der Waals surface area contributed by atoms with E-state index >= 15 is 0 Å². The Balaban J connectivity index is 0.000000213. The number of aromatic nitrogens is 2. The van der Waals surface area contributed by atoms with Gasteiger partial charge < -0.3 is 0 Å². The summed E-state index contributed by atoms with van der Waals surface area (Å²) in [7, 11) is 3.56. The number of benzene rings is 1. The largest absolute Gasteiger partial charge is 0.269 e. The van der Waals surface area contributed by atoms with Crippen molar-refractivity contribution in [3.8, 4) is 0 Å². The van der Waals surface area contributed by atoms with E-state index in [9.17, 15) is 0 Å². The summed E-state index contributed by atoms with van der Waals surface area (Å²) in [6.45, 7) is 0. The Bertz CT molecular complexity index is 318. The molecule has 0 aliphatic heterocycles. The van der Waals surface area contributed by atoms with Crippen molar-refractivity contribution in [3.05, 3.63) is 36.8 Å². The lowest BCUT2D eigenvalue weighted by atomic mass is 10.2. The van der Waals surface area contributed by atoms with Gasteiger partial charge >= 0.3 is 0 Å². The van der Waals surface area contributed by atoms with Crippen molar-refractivity contribution in [1.82, 2.24) is 15.0 Å². The van der Waals surface area contributed by atoms with Crippen molar-refractivity contribution in [1.29, 1.82) is 0 Å². The minimum atomic E-state index is 0.998. The van der Waals surface area contributed by atoms with Crippen LogP contribution in [-0.2, 0) is 0 Å². The summed E-state index contributed by atoms with van der Waals surface area (Å²) in [5.74, 6) is 4.94. The lowest BCUT2D eigenvalue weighted by Crippen LogP contribution is -2.18. The maximum absolute atomic E-state index is 4.94. The van der Waals surface area contributed by atoms with Gasteiger partial charge in [0.1, 0.15) is 6.33 Å². The van der Waals surface area contributed by atoms with Gasteiger partial charge in [-0.1, -0.05) is 18.2 Å². The van der Waals surface area contributed by atoms with E-state index in [2.05, 4.69) is 9.97 Å². The predicted molar refractivity (Wildman–Crippen MR) is 57.4 cm³/mol. The molecule has 1 heterocycles. The number of hydrogen-bond acceptors (Lipinski definition) is 4. The Kier molecular flexibility index (Phi) is 3.97. The molecule has 0 aliphatic carbocycles. The first-order valence-corrected chi connectivity index (χ1v) is 4.27. The van der Waals surface area contributed by atoms with Crippen LogP contribution in [0.25, 0.3) is 10.9 Å². The fourth-order valence-corrected chi connectivity index (χ4v) is 0.923. The summed E-state index contributed by atoms with van der Waals surface area (Å²) in [6.07, 6.45) is 3.37. The first-order chi connectivity index (χ1) is 6.70. The number of rotatable bonds is 0. The van der Waals surface area contributed by atoms with E-state index in [0.29, 0.717) is 0 Å². The number of nitrogens with zero attached hydrogens (tertiary/aromatic N) is 3. The summed E-state index contributed by atoms with van der Waals surface area (Å²) in [5, 5.41) is 2.59. The van der Waals surface area contributed by atoms with E-state index in [-0.39, 0.29) is 0 Å². The Hall–Kier alpha value is -1.52. The van der Waals surface area contributed by atoms with Crippen molar-refractivity contribution in [2.75, 3.05) is 14.1 Å². The van der Waals surface area contributed by atoms with Gasteiger partial charge in [-0.2, -0.15) is 0 Å². The first-order valence-electron chi connectivity index (χ1n) is 4.27. The van der Waals surface area contributed by atoms with Gasteiger partial charge in [0.05, 0.1) is 5.52 Å². The van der Waals surface area contributed by atoms with Crippen LogP contribution in [0.2, 0.25) is 0 Å². The zero-order valence-corrected chi connectivity index (χ0v) is 8.38. The van der Waals surface area contributed by atoms with E-state index in [1.807, 2.05) is 30.5 Å². The van der Waals surface area contributed by atoms with Gasteiger partial charge in [-0.05, 0) is 6.07 Å². The molecule has 0 unspecified atom stereocenters. The molecule has 0 radical (unpaired) electrons. The van der Waals surface area contributed by atoms with Crippen LogP contribution < -0.4 is 5.84 Å². The van der Waals surface area contributed by atoms with Crippen LogP contribution in [0.1, 0.15) is 0 Å². The van der Waals surface area contributed by atoms with Crippen molar-refractivity contribution >= 4 is 10.9 Å². The molecule has 14 heavy (non-hydrogen) atoms. The molecular weight excluding hydrogens is 176 g/mol. The SMILES string of the molecule is CN(C)N.c1ccc2ncncc2c1. The summed E-state index contributed by atoms with van der Waals surface area (Å²) in [5.41, 5.74) is 0.998. The number of hydrogen-bond donors (Lipinski definition) is 1. The fraction of sp³-hybridized carbons (Fsp3) is 0.200. The van der Waals surface area contributed by atoms with Gasteiger partial charge in [0.15, 0.2) is 0 Å². The number of para-hydroxylation sites is 1. The quantitative estimate of drug-likeness (QED) is 0.498. The molecule has 2 aromatic rings. The molecule has 0 saturated heterocycles. The van der Waals surface area contributed by atoms with Crippen molar-refractivity contribution in [2.24, 2.45) is 5.84 Å². The Morgan fingerprint density at radius 2 is 1.86 bits per heavy atom. The van der Waals surface area contributed by atoms with Crippen molar-refractivity contribution in [2.45, 2.75) is 0 Å². The highest BCUT2D eigenvalue weighted by atomic mass is 15.4. The molecule has 0 saturated carbocycles. The monoisotopic (exact) mass is 190 g/mol. The molecule has 74 valence electrons. The highest BCUT2D eigenvalue weighted by Gasteiger charge is 1.87. The standard InChI is InChI=1S/C8H6N2.C2H8N2/c1-2-4-8-7(3-1)5-9-6-10-8;1-4(2)3/h1-6H;3H2,1-2H3. The fourth-order valence-electron chi connectivity index (χ4n) is 0.923. The minimum absolute atomic E-state index is 0.998. The van der Waals surface area contributed by atoms with Crippen LogP contribution >= 0.6 is 0 Å².